The van der Waals surface area contributed by atoms with Crippen molar-refractivity contribution < 1.29 is 9.15 Å². The van der Waals surface area contributed by atoms with Crippen molar-refractivity contribution in [1.82, 2.24) is 5.32 Å². The van der Waals surface area contributed by atoms with E-state index in [2.05, 4.69) is 26.1 Å². The highest BCUT2D eigenvalue weighted by Crippen LogP contribution is 2.04. The Morgan fingerprint density at radius 3 is 2.80 bits per heavy atom. The van der Waals surface area contributed by atoms with E-state index in [0.29, 0.717) is 12.0 Å². The molecule has 3 heteroatoms. The van der Waals surface area contributed by atoms with Gasteiger partial charge in [0.2, 0.25) is 0 Å². The molecule has 1 aromatic heterocycles. The van der Waals surface area contributed by atoms with Crippen LogP contribution in [0.2, 0.25) is 0 Å². The zero-order valence-corrected chi connectivity index (χ0v) is 9.82. The molecule has 1 heterocycles. The molecule has 1 aromatic rings. The monoisotopic (exact) mass is 211 g/mol. The van der Waals surface area contributed by atoms with Crippen molar-refractivity contribution in [3.8, 4) is 0 Å². The van der Waals surface area contributed by atoms with Gasteiger partial charge in [-0.15, -0.1) is 0 Å². The van der Waals surface area contributed by atoms with Gasteiger partial charge < -0.3 is 14.5 Å². The van der Waals surface area contributed by atoms with Crippen molar-refractivity contribution in [2.75, 3.05) is 13.2 Å². The molecule has 3 nitrogen and oxygen atoms in total. The number of rotatable bonds is 7. The van der Waals surface area contributed by atoms with Gasteiger partial charge in [-0.05, 0) is 18.9 Å². The summed E-state index contributed by atoms with van der Waals surface area (Å²) in [7, 11) is 0. The van der Waals surface area contributed by atoms with E-state index in [1.165, 1.54) is 5.56 Å². The fourth-order valence-electron chi connectivity index (χ4n) is 1.14. The van der Waals surface area contributed by atoms with Gasteiger partial charge in [0, 0.05) is 18.7 Å². The highest BCUT2D eigenvalue weighted by Gasteiger charge is 2.05. The lowest BCUT2D eigenvalue weighted by molar-refractivity contribution is 0.0373. The lowest BCUT2D eigenvalue weighted by Crippen LogP contribution is -2.23. The molecule has 1 atom stereocenters. The van der Waals surface area contributed by atoms with Gasteiger partial charge in [0.1, 0.15) is 0 Å². The second-order valence-electron chi connectivity index (χ2n) is 4.13. The van der Waals surface area contributed by atoms with Crippen LogP contribution in [0.1, 0.15) is 26.3 Å². The van der Waals surface area contributed by atoms with Crippen molar-refractivity contribution in [3.63, 3.8) is 0 Å². The summed E-state index contributed by atoms with van der Waals surface area (Å²) in [5, 5.41) is 3.30. The first-order valence-electron chi connectivity index (χ1n) is 5.53. The van der Waals surface area contributed by atoms with Crippen LogP contribution in [0.25, 0.3) is 0 Å². The lowest BCUT2D eigenvalue weighted by atomic mass is 10.1. The van der Waals surface area contributed by atoms with Crippen LogP contribution in [0.4, 0.5) is 0 Å². The highest BCUT2D eigenvalue weighted by molar-refractivity contribution is 5.04. The van der Waals surface area contributed by atoms with Gasteiger partial charge in [-0.25, -0.2) is 0 Å². The van der Waals surface area contributed by atoms with Crippen molar-refractivity contribution in [2.24, 2.45) is 5.92 Å². The molecule has 0 radical (unpaired) electrons. The maximum Gasteiger partial charge on any atom is 0.0947 e. The first-order chi connectivity index (χ1) is 7.20. The van der Waals surface area contributed by atoms with E-state index in [-0.39, 0.29) is 0 Å². The van der Waals surface area contributed by atoms with Gasteiger partial charge in [-0.2, -0.15) is 0 Å². The van der Waals surface area contributed by atoms with Crippen LogP contribution < -0.4 is 5.32 Å². The first kappa shape index (κ1) is 12.3. The summed E-state index contributed by atoms with van der Waals surface area (Å²) in [6.07, 6.45) is 3.78. The van der Waals surface area contributed by atoms with Crippen LogP contribution in [-0.4, -0.2) is 19.3 Å². The van der Waals surface area contributed by atoms with Crippen LogP contribution in [-0.2, 0) is 11.3 Å². The average Bonchev–Trinajstić information content (AvgIpc) is 2.69. The third kappa shape index (κ3) is 5.00. The molecule has 0 amide bonds. The van der Waals surface area contributed by atoms with E-state index in [4.69, 9.17) is 9.15 Å². The average molecular weight is 211 g/mol. The van der Waals surface area contributed by atoms with Crippen molar-refractivity contribution >= 4 is 0 Å². The predicted molar refractivity (Wildman–Crippen MR) is 60.7 cm³/mol. The Hall–Kier alpha value is -0.800. The van der Waals surface area contributed by atoms with E-state index in [9.17, 15) is 0 Å². The predicted octanol–water partition coefficient (Wildman–Crippen LogP) is 2.43. The molecule has 0 bridgehead atoms. The molecule has 1 unspecified atom stereocenters. The van der Waals surface area contributed by atoms with Crippen LogP contribution in [0.3, 0.4) is 0 Å². The Balaban J connectivity index is 1.98. The summed E-state index contributed by atoms with van der Waals surface area (Å²) >= 11 is 0. The molecule has 0 aliphatic heterocycles. The fraction of sp³-hybridized carbons (Fsp3) is 0.667. The van der Waals surface area contributed by atoms with Crippen molar-refractivity contribution in [2.45, 2.75) is 33.4 Å². The quantitative estimate of drug-likeness (QED) is 0.703. The number of nitrogens with one attached hydrogen (secondary N) is 1. The van der Waals surface area contributed by atoms with Crippen molar-refractivity contribution in [3.05, 3.63) is 24.2 Å². The minimum absolute atomic E-state index is 0.334. The molecule has 0 aliphatic carbocycles. The van der Waals surface area contributed by atoms with Crippen molar-refractivity contribution in [1.29, 1.82) is 0 Å². The van der Waals surface area contributed by atoms with E-state index in [1.807, 2.05) is 6.07 Å². The molecule has 0 saturated heterocycles. The van der Waals surface area contributed by atoms with Crippen LogP contribution >= 0.6 is 0 Å². The summed E-state index contributed by atoms with van der Waals surface area (Å²) in [5.41, 5.74) is 1.17. The molecule has 15 heavy (non-hydrogen) atoms. The van der Waals surface area contributed by atoms with E-state index in [0.717, 1.165) is 19.7 Å². The van der Waals surface area contributed by atoms with Gasteiger partial charge in [0.15, 0.2) is 0 Å². The molecule has 1 rings (SSSR count). The van der Waals surface area contributed by atoms with Gasteiger partial charge in [0.25, 0.3) is 0 Å². The summed E-state index contributed by atoms with van der Waals surface area (Å²) in [6, 6.07) is 1.96. The first-order valence-corrected chi connectivity index (χ1v) is 5.53. The van der Waals surface area contributed by atoms with Gasteiger partial charge in [-0.1, -0.05) is 13.8 Å². The standard InChI is InChI=1S/C12H21NO2/c1-10(2)11(3)15-7-5-13-8-12-4-6-14-9-12/h4,6,9-11,13H,5,7-8H2,1-3H3. The summed E-state index contributed by atoms with van der Waals surface area (Å²) < 4.78 is 10.6. The summed E-state index contributed by atoms with van der Waals surface area (Å²) in [5.74, 6) is 0.582. The second kappa shape index (κ2) is 6.64. The highest BCUT2D eigenvalue weighted by atomic mass is 16.5. The lowest BCUT2D eigenvalue weighted by Gasteiger charge is -2.16. The molecule has 86 valence electrons. The third-order valence-corrected chi connectivity index (χ3v) is 2.51. The topological polar surface area (TPSA) is 34.4 Å². The SMILES string of the molecule is CC(C)C(C)OCCNCc1ccoc1. The fourth-order valence-corrected chi connectivity index (χ4v) is 1.14. The third-order valence-electron chi connectivity index (χ3n) is 2.51. The minimum Gasteiger partial charge on any atom is -0.472 e. The van der Waals surface area contributed by atoms with Crippen LogP contribution in [0.5, 0.6) is 0 Å². The van der Waals surface area contributed by atoms with E-state index < -0.39 is 0 Å². The molecular weight excluding hydrogens is 190 g/mol. The van der Waals surface area contributed by atoms with Gasteiger partial charge in [0.05, 0.1) is 25.2 Å². The maximum atomic E-state index is 5.64. The molecule has 1 N–H and O–H groups in total. The number of hydrogen-bond acceptors (Lipinski definition) is 3. The van der Waals surface area contributed by atoms with E-state index in [1.54, 1.807) is 12.5 Å². The second-order valence-corrected chi connectivity index (χ2v) is 4.13. The molecule has 0 aromatic carbocycles. The Morgan fingerprint density at radius 2 is 2.20 bits per heavy atom. The minimum atomic E-state index is 0.334. The molecule has 0 fully saturated rings. The number of hydrogen-bond donors (Lipinski definition) is 1. The Bertz CT molecular complexity index is 244. The van der Waals surface area contributed by atoms with Crippen LogP contribution in [0.15, 0.2) is 23.0 Å². The van der Waals surface area contributed by atoms with Gasteiger partial charge in [-0.3, -0.25) is 0 Å². The van der Waals surface area contributed by atoms with E-state index >= 15 is 0 Å². The zero-order valence-electron chi connectivity index (χ0n) is 9.82. The molecular formula is C12H21NO2. The maximum absolute atomic E-state index is 5.64. The molecule has 0 saturated carbocycles. The smallest absolute Gasteiger partial charge is 0.0947 e. The summed E-state index contributed by atoms with van der Waals surface area (Å²) in [6.45, 7) is 8.93. The largest absolute Gasteiger partial charge is 0.472 e. The molecule has 0 spiro atoms. The molecule has 0 aliphatic rings. The van der Waals surface area contributed by atoms with Gasteiger partial charge >= 0.3 is 0 Å². The Labute approximate surface area is 91.8 Å². The summed E-state index contributed by atoms with van der Waals surface area (Å²) in [4.78, 5) is 0. The Morgan fingerprint density at radius 1 is 1.40 bits per heavy atom. The Kier molecular flexibility index (Phi) is 5.43. The van der Waals surface area contributed by atoms with Crippen LogP contribution in [0, 0.1) is 5.92 Å². The number of ether oxygens (including phenoxy) is 1. The zero-order chi connectivity index (χ0) is 11.1. The normalized spacial score (nSPS) is 13.3. The number of furan rings is 1.